The Morgan fingerprint density at radius 1 is 1.50 bits per heavy atom. The maximum atomic E-state index is 5.51. The van der Waals surface area contributed by atoms with Crippen molar-refractivity contribution in [2.45, 2.75) is 0 Å². The normalized spacial score (nSPS) is 10.8. The van der Waals surface area contributed by atoms with E-state index in [-0.39, 0.29) is 0 Å². The van der Waals surface area contributed by atoms with Crippen LogP contribution in [-0.2, 0) is 0 Å². The highest BCUT2D eigenvalue weighted by Gasteiger charge is 2.03. The van der Waals surface area contributed by atoms with Gasteiger partial charge in [0, 0.05) is 8.04 Å². The van der Waals surface area contributed by atoms with E-state index >= 15 is 0 Å². The summed E-state index contributed by atoms with van der Waals surface area (Å²) >= 11 is 5.67. The summed E-state index contributed by atoms with van der Waals surface area (Å²) in [5.74, 6) is 0.457. The predicted molar refractivity (Wildman–Crippen MR) is 60.9 cm³/mol. The number of halogens is 2. The zero-order valence-corrected chi connectivity index (χ0v) is 9.68. The average Bonchev–Trinajstić information content (AvgIpc) is 2.30. The number of nitrogens with two attached hydrogens (primary N) is 1. The maximum Gasteiger partial charge on any atom is 0.198 e. The first-order valence-corrected chi connectivity index (χ1v) is 5.14. The Hall–Kier alpha value is -0.300. The molecule has 1 aromatic carbocycles. The van der Waals surface area contributed by atoms with Crippen molar-refractivity contribution >= 4 is 55.5 Å². The van der Waals surface area contributed by atoms with Crippen molar-refractivity contribution in [3.63, 3.8) is 0 Å². The van der Waals surface area contributed by atoms with Crippen LogP contribution in [0.4, 0.5) is 5.95 Å². The van der Waals surface area contributed by atoms with Crippen LogP contribution >= 0.6 is 38.5 Å². The van der Waals surface area contributed by atoms with Crippen molar-refractivity contribution in [1.82, 2.24) is 9.97 Å². The Balaban J connectivity index is 2.83. The monoisotopic (exact) mass is 337 g/mol. The second-order valence-electron chi connectivity index (χ2n) is 2.41. The highest BCUT2D eigenvalue weighted by molar-refractivity contribution is 14.1. The number of fused-ring (bicyclic) bond motifs is 1. The third kappa shape index (κ3) is 1.31. The molecule has 3 N–H and O–H groups in total. The fourth-order valence-electron chi connectivity index (χ4n) is 1.02. The standard InChI is InChI=1S/C7H5BrIN3/c8-3-1-5-6(2-4(3)9)12-7(10)11-5/h1-2H,(H3,10,11,12). The number of aromatic nitrogens is 2. The number of hydrogen-bond donors (Lipinski definition) is 2. The van der Waals surface area contributed by atoms with Crippen molar-refractivity contribution in [2.24, 2.45) is 0 Å². The lowest BCUT2D eigenvalue weighted by molar-refractivity contribution is 1.35. The van der Waals surface area contributed by atoms with Crippen molar-refractivity contribution in [3.8, 4) is 0 Å². The molecule has 0 atom stereocenters. The minimum atomic E-state index is 0.457. The fraction of sp³-hybridized carbons (Fsp3) is 0. The number of nitrogens with zero attached hydrogens (tertiary/aromatic N) is 1. The third-order valence-electron chi connectivity index (χ3n) is 1.54. The van der Waals surface area contributed by atoms with E-state index in [0.29, 0.717) is 5.95 Å². The molecule has 2 aromatic rings. The lowest BCUT2D eigenvalue weighted by atomic mass is 10.3. The smallest absolute Gasteiger partial charge is 0.198 e. The van der Waals surface area contributed by atoms with Crippen molar-refractivity contribution in [1.29, 1.82) is 0 Å². The van der Waals surface area contributed by atoms with E-state index in [1.807, 2.05) is 12.1 Å². The first-order chi connectivity index (χ1) is 5.66. The van der Waals surface area contributed by atoms with E-state index in [4.69, 9.17) is 5.73 Å². The summed E-state index contributed by atoms with van der Waals surface area (Å²) in [6, 6.07) is 3.95. The molecule has 0 aliphatic heterocycles. The summed E-state index contributed by atoms with van der Waals surface area (Å²) < 4.78 is 2.19. The minimum Gasteiger partial charge on any atom is -0.369 e. The number of imidazole rings is 1. The summed E-state index contributed by atoms with van der Waals surface area (Å²) in [5, 5.41) is 0. The molecule has 0 amide bonds. The van der Waals surface area contributed by atoms with Gasteiger partial charge < -0.3 is 10.7 Å². The summed E-state index contributed by atoms with van der Waals surface area (Å²) in [7, 11) is 0. The van der Waals surface area contributed by atoms with Crippen LogP contribution in [0.15, 0.2) is 16.6 Å². The van der Waals surface area contributed by atoms with Crippen LogP contribution in [-0.4, -0.2) is 9.97 Å². The zero-order valence-electron chi connectivity index (χ0n) is 5.94. The molecule has 0 unspecified atom stereocenters. The molecule has 0 spiro atoms. The average molecular weight is 338 g/mol. The molecule has 62 valence electrons. The molecule has 0 bridgehead atoms. The molecule has 1 heterocycles. The van der Waals surface area contributed by atoms with Gasteiger partial charge in [0.25, 0.3) is 0 Å². The van der Waals surface area contributed by atoms with Gasteiger partial charge in [-0.15, -0.1) is 0 Å². The van der Waals surface area contributed by atoms with Gasteiger partial charge in [0.2, 0.25) is 0 Å². The van der Waals surface area contributed by atoms with Gasteiger partial charge in [0.1, 0.15) is 0 Å². The minimum absolute atomic E-state index is 0.457. The first-order valence-electron chi connectivity index (χ1n) is 3.27. The summed E-state index contributed by atoms with van der Waals surface area (Å²) in [6.07, 6.45) is 0. The molecule has 1 aromatic heterocycles. The van der Waals surface area contributed by atoms with Gasteiger partial charge in [-0.3, -0.25) is 0 Å². The van der Waals surface area contributed by atoms with Gasteiger partial charge in [0.15, 0.2) is 5.95 Å². The molecule has 0 aliphatic rings. The summed E-state index contributed by atoms with van der Waals surface area (Å²) in [4.78, 5) is 7.07. The topological polar surface area (TPSA) is 54.7 Å². The van der Waals surface area contributed by atoms with Crippen molar-refractivity contribution in [3.05, 3.63) is 20.2 Å². The van der Waals surface area contributed by atoms with Crippen LogP contribution < -0.4 is 5.73 Å². The van der Waals surface area contributed by atoms with Gasteiger partial charge in [-0.25, -0.2) is 4.98 Å². The molecule has 0 fully saturated rings. The SMILES string of the molecule is Nc1nc2cc(I)c(Br)cc2[nH]1. The molecular formula is C7H5BrIN3. The molecule has 5 heteroatoms. The third-order valence-corrected chi connectivity index (χ3v) is 3.83. The van der Waals surface area contributed by atoms with Gasteiger partial charge in [-0.1, -0.05) is 0 Å². The van der Waals surface area contributed by atoms with Crippen molar-refractivity contribution < 1.29 is 0 Å². The maximum absolute atomic E-state index is 5.51. The van der Waals surface area contributed by atoms with Gasteiger partial charge >= 0.3 is 0 Å². The van der Waals surface area contributed by atoms with Gasteiger partial charge in [-0.05, 0) is 50.7 Å². The van der Waals surface area contributed by atoms with Crippen LogP contribution in [0.2, 0.25) is 0 Å². The molecule has 0 radical (unpaired) electrons. The number of rotatable bonds is 0. The number of hydrogen-bond acceptors (Lipinski definition) is 2. The quantitative estimate of drug-likeness (QED) is 0.726. The molecular weight excluding hydrogens is 333 g/mol. The molecule has 12 heavy (non-hydrogen) atoms. The number of anilines is 1. The Kier molecular flexibility index (Phi) is 1.99. The molecule has 2 rings (SSSR count). The van der Waals surface area contributed by atoms with E-state index in [2.05, 4.69) is 48.5 Å². The Labute approximate surface area is 91.0 Å². The van der Waals surface area contributed by atoms with Crippen molar-refractivity contribution in [2.75, 3.05) is 5.73 Å². The number of benzene rings is 1. The number of aromatic amines is 1. The predicted octanol–water partition coefficient (Wildman–Crippen LogP) is 2.51. The fourth-order valence-corrected chi connectivity index (χ4v) is 1.82. The van der Waals surface area contributed by atoms with Crippen LogP contribution in [0, 0.1) is 3.57 Å². The number of H-pyrrole nitrogens is 1. The summed E-state index contributed by atoms with van der Waals surface area (Å²) in [5.41, 5.74) is 7.37. The molecule has 0 saturated heterocycles. The molecule has 0 aliphatic carbocycles. The van der Waals surface area contributed by atoms with E-state index < -0.39 is 0 Å². The Morgan fingerprint density at radius 2 is 2.25 bits per heavy atom. The highest BCUT2D eigenvalue weighted by Crippen LogP contribution is 2.24. The van der Waals surface area contributed by atoms with Crippen LogP contribution in [0.3, 0.4) is 0 Å². The summed E-state index contributed by atoms with van der Waals surface area (Å²) in [6.45, 7) is 0. The number of nitrogen functional groups attached to an aromatic ring is 1. The lowest BCUT2D eigenvalue weighted by Crippen LogP contribution is -1.84. The first kappa shape index (κ1) is 8.31. The van der Waals surface area contributed by atoms with E-state index in [1.54, 1.807) is 0 Å². The number of nitrogens with one attached hydrogen (secondary N) is 1. The van der Waals surface area contributed by atoms with E-state index in [1.165, 1.54) is 0 Å². The lowest BCUT2D eigenvalue weighted by Gasteiger charge is -1.93. The largest absolute Gasteiger partial charge is 0.369 e. The zero-order chi connectivity index (χ0) is 8.72. The Morgan fingerprint density at radius 3 is 3.00 bits per heavy atom. The van der Waals surface area contributed by atoms with Crippen LogP contribution in [0.5, 0.6) is 0 Å². The van der Waals surface area contributed by atoms with E-state index in [0.717, 1.165) is 19.1 Å². The highest BCUT2D eigenvalue weighted by atomic mass is 127. The molecule has 3 nitrogen and oxygen atoms in total. The molecule has 0 saturated carbocycles. The van der Waals surface area contributed by atoms with E-state index in [9.17, 15) is 0 Å². The van der Waals surface area contributed by atoms with Crippen LogP contribution in [0.1, 0.15) is 0 Å². The second-order valence-corrected chi connectivity index (χ2v) is 4.42. The van der Waals surface area contributed by atoms with Gasteiger partial charge in [0.05, 0.1) is 11.0 Å². The Bertz CT molecular complexity index is 398. The van der Waals surface area contributed by atoms with Crippen LogP contribution in [0.25, 0.3) is 11.0 Å². The second kappa shape index (κ2) is 2.88. The van der Waals surface area contributed by atoms with Gasteiger partial charge in [-0.2, -0.15) is 0 Å².